The Kier molecular flexibility index (Phi) is 6.84. The number of methoxy groups -OCH3 is 1. The van der Waals surface area contributed by atoms with Crippen molar-refractivity contribution >= 4 is 17.2 Å². The highest BCUT2D eigenvalue weighted by Gasteiger charge is 2.62. The third-order valence-corrected chi connectivity index (χ3v) is 5.14. The number of halogens is 6. The molecule has 1 heterocycles. The molecule has 2 atom stereocenters. The van der Waals surface area contributed by atoms with Crippen molar-refractivity contribution in [2.45, 2.75) is 30.9 Å². The number of carbonyl (C=O) groups is 1. The summed E-state index contributed by atoms with van der Waals surface area (Å²) in [5, 5.41) is 2.15. The molecule has 4 nitrogen and oxygen atoms in total. The van der Waals surface area contributed by atoms with Gasteiger partial charge in [-0.2, -0.15) is 26.3 Å². The number of nitrogens with one attached hydrogen (secondary N) is 1. The predicted molar refractivity (Wildman–Crippen MR) is 93.6 cm³/mol. The fourth-order valence-electron chi connectivity index (χ4n) is 2.59. The van der Waals surface area contributed by atoms with Gasteiger partial charge in [0.05, 0.1) is 6.04 Å². The highest BCUT2D eigenvalue weighted by atomic mass is 32.1. The van der Waals surface area contributed by atoms with E-state index in [9.17, 15) is 31.1 Å². The molecule has 29 heavy (non-hydrogen) atoms. The molecule has 1 N–H and O–H groups in total. The van der Waals surface area contributed by atoms with Gasteiger partial charge in [-0.1, -0.05) is 30.3 Å². The first-order valence-corrected chi connectivity index (χ1v) is 9.00. The maximum absolute atomic E-state index is 13.9. The first-order chi connectivity index (χ1) is 13.4. The van der Waals surface area contributed by atoms with Crippen molar-refractivity contribution in [2.75, 3.05) is 13.7 Å². The molecule has 0 aliphatic rings. The Balaban J connectivity index is 2.23. The van der Waals surface area contributed by atoms with Gasteiger partial charge in [0, 0.05) is 17.6 Å². The van der Waals surface area contributed by atoms with Crippen LogP contribution in [0.4, 0.5) is 26.3 Å². The summed E-state index contributed by atoms with van der Waals surface area (Å²) in [6, 6.07) is 8.10. The Labute approximate surface area is 166 Å². The second kappa shape index (κ2) is 8.62. The van der Waals surface area contributed by atoms with Crippen molar-refractivity contribution in [2.24, 2.45) is 0 Å². The molecule has 0 spiro atoms. The van der Waals surface area contributed by atoms with Gasteiger partial charge in [0.25, 0.3) is 11.5 Å². The maximum Gasteiger partial charge on any atom is 0.430 e. The average Bonchev–Trinajstić information content (AvgIpc) is 3.09. The van der Waals surface area contributed by atoms with Crippen LogP contribution in [-0.4, -0.2) is 32.0 Å². The van der Waals surface area contributed by atoms with E-state index >= 15 is 0 Å². The van der Waals surface area contributed by atoms with Crippen LogP contribution in [0.15, 0.2) is 42.5 Å². The summed E-state index contributed by atoms with van der Waals surface area (Å²) in [5.74, 6) is -1.45. The van der Waals surface area contributed by atoms with Crippen LogP contribution in [0.2, 0.25) is 0 Å². The average molecular weight is 441 g/mol. The number of ether oxygens (including phenoxy) is 2. The van der Waals surface area contributed by atoms with E-state index in [2.05, 4.69) is 14.8 Å². The molecule has 11 heteroatoms. The summed E-state index contributed by atoms with van der Waals surface area (Å²) in [6.45, 7) is -0.0956. The van der Waals surface area contributed by atoms with Crippen LogP contribution < -0.4 is 10.1 Å². The lowest BCUT2D eigenvalue weighted by Gasteiger charge is -2.34. The van der Waals surface area contributed by atoms with E-state index in [1.54, 1.807) is 0 Å². The Morgan fingerprint density at radius 1 is 1.07 bits per heavy atom. The van der Waals surface area contributed by atoms with Crippen LogP contribution >= 0.6 is 11.3 Å². The number of rotatable bonds is 7. The van der Waals surface area contributed by atoms with Crippen molar-refractivity contribution in [3.05, 3.63) is 52.9 Å². The SMILES string of the molecule is COC(C(=O)N[C@H](C)c1ccc(OCC(F)(F)F)s1)(c1ccccc1)C(F)(F)F. The minimum atomic E-state index is -5.07. The maximum atomic E-state index is 13.9. The van der Waals surface area contributed by atoms with Crippen molar-refractivity contribution in [1.29, 1.82) is 0 Å². The van der Waals surface area contributed by atoms with Crippen molar-refractivity contribution in [1.82, 2.24) is 5.32 Å². The molecule has 0 radical (unpaired) electrons. The molecule has 0 fully saturated rings. The third-order valence-electron chi connectivity index (χ3n) is 3.96. The molecule has 0 aliphatic heterocycles. The molecule has 2 aromatic rings. The summed E-state index contributed by atoms with van der Waals surface area (Å²) in [4.78, 5) is 13.0. The van der Waals surface area contributed by atoms with Gasteiger partial charge in [0.1, 0.15) is 0 Å². The van der Waals surface area contributed by atoms with Crippen LogP contribution in [0, 0.1) is 0 Å². The lowest BCUT2D eigenvalue weighted by atomic mass is 9.91. The number of thiophene rings is 1. The molecule has 1 aromatic heterocycles. The van der Waals surface area contributed by atoms with Crippen LogP contribution in [-0.2, 0) is 15.1 Å². The first-order valence-electron chi connectivity index (χ1n) is 8.18. The van der Waals surface area contributed by atoms with Crippen LogP contribution in [0.25, 0.3) is 0 Å². The van der Waals surface area contributed by atoms with Crippen molar-refractivity contribution < 1.29 is 40.6 Å². The van der Waals surface area contributed by atoms with E-state index in [0.717, 1.165) is 30.6 Å². The van der Waals surface area contributed by atoms with Crippen molar-refractivity contribution in [3.63, 3.8) is 0 Å². The topological polar surface area (TPSA) is 47.6 Å². The van der Waals surface area contributed by atoms with Crippen molar-refractivity contribution in [3.8, 4) is 5.06 Å². The quantitative estimate of drug-likeness (QED) is 0.618. The molecule has 0 bridgehead atoms. The van der Waals surface area contributed by atoms with E-state index in [1.165, 1.54) is 37.3 Å². The second-order valence-corrected chi connectivity index (χ2v) is 7.08. The Bertz CT molecular complexity index is 821. The number of amides is 1. The number of benzene rings is 1. The van der Waals surface area contributed by atoms with Gasteiger partial charge in [-0.15, -0.1) is 11.3 Å². The van der Waals surface area contributed by atoms with Gasteiger partial charge in [-0.3, -0.25) is 4.79 Å². The first kappa shape index (κ1) is 23.0. The zero-order chi connectivity index (χ0) is 21.9. The smallest absolute Gasteiger partial charge is 0.430 e. The largest absolute Gasteiger partial charge is 0.475 e. The Morgan fingerprint density at radius 3 is 2.21 bits per heavy atom. The van der Waals surface area contributed by atoms with E-state index in [-0.39, 0.29) is 5.06 Å². The van der Waals surface area contributed by atoms with E-state index < -0.39 is 42.1 Å². The van der Waals surface area contributed by atoms with Crippen LogP contribution in [0.1, 0.15) is 23.4 Å². The number of carbonyl (C=O) groups excluding carboxylic acids is 1. The minimum Gasteiger partial charge on any atom is -0.475 e. The predicted octanol–water partition coefficient (Wildman–Crippen LogP) is 4.97. The zero-order valence-corrected chi connectivity index (χ0v) is 16.0. The normalized spacial score (nSPS) is 15.4. The van der Waals surface area contributed by atoms with Gasteiger partial charge in [-0.25, -0.2) is 0 Å². The van der Waals surface area contributed by atoms with Gasteiger partial charge < -0.3 is 14.8 Å². The number of hydrogen-bond acceptors (Lipinski definition) is 4. The number of hydrogen-bond donors (Lipinski definition) is 1. The van der Waals surface area contributed by atoms with E-state index in [0.29, 0.717) is 4.88 Å². The highest BCUT2D eigenvalue weighted by molar-refractivity contribution is 7.13. The van der Waals surface area contributed by atoms with Crippen LogP contribution in [0.5, 0.6) is 5.06 Å². The molecular weight excluding hydrogens is 424 g/mol. The zero-order valence-electron chi connectivity index (χ0n) is 15.2. The molecule has 0 saturated carbocycles. The van der Waals surface area contributed by atoms with Gasteiger partial charge in [0.2, 0.25) is 0 Å². The fraction of sp³-hybridized carbons (Fsp3) is 0.389. The minimum absolute atomic E-state index is 0.0738. The third kappa shape index (κ3) is 5.21. The molecule has 0 aliphatic carbocycles. The summed E-state index contributed by atoms with van der Waals surface area (Å²) in [5.41, 5.74) is -3.64. The van der Waals surface area contributed by atoms with Gasteiger partial charge >= 0.3 is 12.4 Å². The lowest BCUT2D eigenvalue weighted by Crippen LogP contribution is -2.56. The Hall–Kier alpha value is -2.27. The highest BCUT2D eigenvalue weighted by Crippen LogP contribution is 2.43. The second-order valence-electron chi connectivity index (χ2n) is 6.00. The molecule has 1 aromatic carbocycles. The Morgan fingerprint density at radius 2 is 1.69 bits per heavy atom. The molecule has 1 unspecified atom stereocenters. The molecular formula is C18H17F6NO3S. The molecule has 0 saturated heterocycles. The molecule has 2 rings (SSSR count). The summed E-state index contributed by atoms with van der Waals surface area (Å²) in [6.07, 6.45) is -9.59. The fourth-order valence-corrected chi connectivity index (χ4v) is 3.45. The lowest BCUT2D eigenvalue weighted by molar-refractivity contribution is -0.266. The standard InChI is InChI=1S/C18H17F6NO3S/c1-11(13-8-9-14(29-13)28-10-16(19,20)21)25-15(26)17(27-2,18(22,23)24)12-6-4-3-5-7-12/h3-9,11H,10H2,1-2H3,(H,25,26)/t11-,17?/m1/s1. The van der Waals surface area contributed by atoms with E-state index in [1.807, 2.05) is 0 Å². The van der Waals surface area contributed by atoms with E-state index in [4.69, 9.17) is 0 Å². The van der Waals surface area contributed by atoms with Gasteiger partial charge in [-0.05, 0) is 19.1 Å². The van der Waals surface area contributed by atoms with Gasteiger partial charge in [0.15, 0.2) is 11.7 Å². The summed E-state index contributed by atoms with van der Waals surface area (Å²) >= 11 is 0.786. The molecule has 1 amide bonds. The number of alkyl halides is 6. The summed E-state index contributed by atoms with van der Waals surface area (Å²) < 4.78 is 87.6. The van der Waals surface area contributed by atoms with Crippen LogP contribution in [0.3, 0.4) is 0 Å². The monoisotopic (exact) mass is 441 g/mol. The molecule has 160 valence electrons. The summed E-state index contributed by atoms with van der Waals surface area (Å²) in [7, 11) is 0.777.